The topological polar surface area (TPSA) is 60.4 Å². The van der Waals surface area contributed by atoms with E-state index in [1.54, 1.807) is 0 Å². The molecule has 0 unspecified atom stereocenters. The third-order valence-electron chi connectivity index (χ3n) is 2.21. The third kappa shape index (κ3) is 3.61. The average Bonchev–Trinajstić information content (AvgIpc) is 2.37. The van der Waals surface area contributed by atoms with Crippen molar-refractivity contribution in [3.8, 4) is 6.01 Å². The maximum Gasteiger partial charge on any atom is 0.322 e. The highest BCUT2D eigenvalue weighted by atomic mass is 35.5. The lowest BCUT2D eigenvalue weighted by molar-refractivity contribution is 0.0768. The number of alkyl halides is 2. The van der Waals surface area contributed by atoms with Gasteiger partial charge in [-0.25, -0.2) is 8.78 Å². The van der Waals surface area contributed by atoms with E-state index in [0.29, 0.717) is 32.3 Å². The Hall–Kier alpha value is -1.28. The maximum atomic E-state index is 12.0. The highest BCUT2D eigenvalue weighted by Gasteiger charge is 2.17. The van der Waals surface area contributed by atoms with Crippen molar-refractivity contribution in [2.75, 3.05) is 37.8 Å². The van der Waals surface area contributed by atoms with Gasteiger partial charge in [0, 0.05) is 13.1 Å². The number of nitrogens with zero attached hydrogens (tertiary/aromatic N) is 4. The molecular weight excluding hydrogens is 270 g/mol. The zero-order valence-corrected chi connectivity index (χ0v) is 10.1. The first-order valence-corrected chi connectivity index (χ1v) is 5.68. The van der Waals surface area contributed by atoms with Crippen LogP contribution >= 0.6 is 11.6 Å². The lowest BCUT2D eigenvalue weighted by Crippen LogP contribution is -2.37. The molecule has 2 rings (SSSR count). The first kappa shape index (κ1) is 13.2. The van der Waals surface area contributed by atoms with E-state index < -0.39 is 13.0 Å². The second-order valence-electron chi connectivity index (χ2n) is 3.49. The largest absolute Gasteiger partial charge is 0.457 e. The van der Waals surface area contributed by atoms with Gasteiger partial charge in [0.15, 0.2) is 6.61 Å². The van der Waals surface area contributed by atoms with Gasteiger partial charge < -0.3 is 14.4 Å². The highest BCUT2D eigenvalue weighted by molar-refractivity contribution is 6.28. The van der Waals surface area contributed by atoms with Gasteiger partial charge in [-0.3, -0.25) is 0 Å². The fraction of sp³-hybridized carbons (Fsp3) is 0.667. The Labute approximate surface area is 107 Å². The van der Waals surface area contributed by atoms with Gasteiger partial charge in [-0.05, 0) is 11.6 Å². The van der Waals surface area contributed by atoms with Crippen molar-refractivity contribution in [1.29, 1.82) is 0 Å². The standard InChI is InChI=1S/C9H11ClF2N4O2/c10-7-13-8(16-1-3-17-4-2-16)15-9(14-7)18-5-6(11)12/h6H,1-5H2. The van der Waals surface area contributed by atoms with Crippen molar-refractivity contribution in [2.24, 2.45) is 0 Å². The smallest absolute Gasteiger partial charge is 0.322 e. The molecule has 0 saturated carbocycles. The van der Waals surface area contributed by atoms with Crippen LogP contribution in [0, 0.1) is 0 Å². The minimum absolute atomic E-state index is 0.0873. The molecule has 0 bridgehead atoms. The Morgan fingerprint density at radius 2 is 2.00 bits per heavy atom. The molecule has 1 aliphatic heterocycles. The summed E-state index contributed by atoms with van der Waals surface area (Å²) >= 11 is 5.70. The van der Waals surface area contributed by atoms with Gasteiger partial charge in [-0.15, -0.1) is 0 Å². The average molecular weight is 281 g/mol. The Morgan fingerprint density at radius 1 is 1.28 bits per heavy atom. The number of hydrogen-bond acceptors (Lipinski definition) is 6. The van der Waals surface area contributed by atoms with Gasteiger partial charge in [0.25, 0.3) is 6.43 Å². The lowest BCUT2D eigenvalue weighted by Gasteiger charge is -2.26. The Bertz CT molecular complexity index is 404. The van der Waals surface area contributed by atoms with Gasteiger partial charge in [-0.1, -0.05) is 0 Å². The van der Waals surface area contributed by atoms with Gasteiger partial charge in [0.05, 0.1) is 13.2 Å². The van der Waals surface area contributed by atoms with Crippen LogP contribution in [0.4, 0.5) is 14.7 Å². The molecular formula is C9H11ClF2N4O2. The van der Waals surface area contributed by atoms with Crippen LogP contribution in [0.2, 0.25) is 5.28 Å². The molecule has 6 nitrogen and oxygen atoms in total. The van der Waals surface area contributed by atoms with Crippen LogP contribution in [0.15, 0.2) is 0 Å². The number of halogens is 3. The quantitative estimate of drug-likeness (QED) is 0.820. The first-order chi connectivity index (χ1) is 8.65. The van der Waals surface area contributed by atoms with Crippen molar-refractivity contribution < 1.29 is 18.3 Å². The Morgan fingerprint density at radius 3 is 2.67 bits per heavy atom. The van der Waals surface area contributed by atoms with Gasteiger partial charge in [-0.2, -0.15) is 15.0 Å². The zero-order valence-electron chi connectivity index (χ0n) is 9.35. The Kier molecular flexibility index (Phi) is 4.43. The number of morpholine rings is 1. The van der Waals surface area contributed by atoms with Crippen LogP contribution in [-0.2, 0) is 4.74 Å². The first-order valence-electron chi connectivity index (χ1n) is 5.30. The highest BCUT2D eigenvalue weighted by Crippen LogP contribution is 2.16. The van der Waals surface area contributed by atoms with Gasteiger partial charge >= 0.3 is 6.01 Å². The number of hydrogen-bond donors (Lipinski definition) is 0. The van der Waals surface area contributed by atoms with Crippen LogP contribution in [0.3, 0.4) is 0 Å². The molecule has 1 fully saturated rings. The molecule has 0 N–H and O–H groups in total. The molecule has 2 heterocycles. The Balaban J connectivity index is 2.09. The molecule has 100 valence electrons. The van der Waals surface area contributed by atoms with E-state index in [1.165, 1.54) is 0 Å². The van der Waals surface area contributed by atoms with Crippen LogP contribution in [0.25, 0.3) is 0 Å². The molecule has 0 amide bonds. The molecule has 9 heteroatoms. The summed E-state index contributed by atoms with van der Waals surface area (Å²) < 4.78 is 33.9. The van der Waals surface area contributed by atoms with E-state index in [2.05, 4.69) is 15.0 Å². The number of ether oxygens (including phenoxy) is 2. The SMILES string of the molecule is FC(F)COc1nc(Cl)nc(N2CCOCC2)n1. The second-order valence-corrected chi connectivity index (χ2v) is 3.83. The minimum Gasteiger partial charge on any atom is -0.457 e. The molecule has 1 saturated heterocycles. The van der Waals surface area contributed by atoms with Gasteiger partial charge in [0.2, 0.25) is 11.2 Å². The lowest BCUT2D eigenvalue weighted by atomic mass is 10.4. The van der Waals surface area contributed by atoms with Crippen molar-refractivity contribution >= 4 is 17.5 Å². The van der Waals surface area contributed by atoms with Crippen molar-refractivity contribution in [3.63, 3.8) is 0 Å². The molecule has 0 radical (unpaired) electrons. The molecule has 0 atom stereocenters. The number of rotatable bonds is 4. The van der Waals surface area contributed by atoms with E-state index in [0.717, 1.165) is 0 Å². The predicted molar refractivity (Wildman–Crippen MR) is 59.4 cm³/mol. The molecule has 0 aromatic carbocycles. The van der Waals surface area contributed by atoms with Crippen molar-refractivity contribution in [2.45, 2.75) is 6.43 Å². The third-order valence-corrected chi connectivity index (χ3v) is 2.38. The van der Waals surface area contributed by atoms with E-state index in [9.17, 15) is 8.78 Å². The normalized spacial score (nSPS) is 16.1. The fourth-order valence-electron chi connectivity index (χ4n) is 1.43. The van der Waals surface area contributed by atoms with Crippen LogP contribution < -0.4 is 9.64 Å². The molecule has 0 spiro atoms. The molecule has 1 aromatic rings. The van der Waals surface area contributed by atoms with E-state index in [4.69, 9.17) is 21.1 Å². The van der Waals surface area contributed by atoms with Crippen LogP contribution in [0.1, 0.15) is 0 Å². The zero-order chi connectivity index (χ0) is 13.0. The molecule has 1 aliphatic rings. The predicted octanol–water partition coefficient (Wildman–Crippen LogP) is 1.01. The number of anilines is 1. The maximum absolute atomic E-state index is 12.0. The van der Waals surface area contributed by atoms with E-state index in [1.807, 2.05) is 4.90 Å². The summed E-state index contributed by atoms with van der Waals surface area (Å²) in [5, 5.41) is -0.0873. The van der Waals surface area contributed by atoms with Crippen LogP contribution in [0.5, 0.6) is 6.01 Å². The molecule has 1 aromatic heterocycles. The van der Waals surface area contributed by atoms with Crippen molar-refractivity contribution in [1.82, 2.24) is 15.0 Å². The molecule has 18 heavy (non-hydrogen) atoms. The second kappa shape index (κ2) is 6.05. The van der Waals surface area contributed by atoms with E-state index >= 15 is 0 Å². The monoisotopic (exact) mass is 280 g/mol. The minimum atomic E-state index is -2.59. The van der Waals surface area contributed by atoms with Crippen LogP contribution in [-0.4, -0.2) is 54.3 Å². The summed E-state index contributed by atoms with van der Waals surface area (Å²) in [4.78, 5) is 13.3. The number of aromatic nitrogens is 3. The summed E-state index contributed by atoms with van der Waals surface area (Å²) in [5.74, 6) is 0.308. The summed E-state index contributed by atoms with van der Waals surface area (Å²) in [6, 6.07) is -0.197. The summed E-state index contributed by atoms with van der Waals surface area (Å²) in [5.41, 5.74) is 0. The summed E-state index contributed by atoms with van der Waals surface area (Å²) in [7, 11) is 0. The fourth-order valence-corrected chi connectivity index (χ4v) is 1.58. The summed E-state index contributed by atoms with van der Waals surface area (Å²) in [6.07, 6.45) is -2.59. The molecule has 0 aliphatic carbocycles. The van der Waals surface area contributed by atoms with Gasteiger partial charge in [0.1, 0.15) is 0 Å². The van der Waals surface area contributed by atoms with E-state index in [-0.39, 0.29) is 11.3 Å². The summed E-state index contributed by atoms with van der Waals surface area (Å²) in [6.45, 7) is 1.54. The van der Waals surface area contributed by atoms with Crippen molar-refractivity contribution in [3.05, 3.63) is 5.28 Å².